The Hall–Kier alpha value is -1.13. The average Bonchev–Trinajstić information content (AvgIpc) is 2.34. The Morgan fingerprint density at radius 3 is 2.61 bits per heavy atom. The van der Waals surface area contributed by atoms with E-state index in [1.165, 1.54) is 12.1 Å². The Morgan fingerprint density at radius 2 is 1.94 bits per heavy atom. The van der Waals surface area contributed by atoms with E-state index >= 15 is 0 Å². The van der Waals surface area contributed by atoms with Gasteiger partial charge in [-0.3, -0.25) is 0 Å². The lowest BCUT2D eigenvalue weighted by molar-refractivity contribution is 0.153. The molecule has 0 aliphatic carbocycles. The SMILES string of the molecule is CN1CCN(CCCc2ccc(F)cc2O)CC1. The summed E-state index contributed by atoms with van der Waals surface area (Å²) in [7, 11) is 2.15. The fraction of sp³-hybridized carbons (Fsp3) is 0.571. The third kappa shape index (κ3) is 3.68. The molecule has 2 rings (SSSR count). The lowest BCUT2D eigenvalue weighted by Gasteiger charge is -2.32. The first-order valence-electron chi connectivity index (χ1n) is 6.53. The molecule has 0 amide bonds. The number of phenolic OH excluding ortho intramolecular Hbond substituents is 1. The van der Waals surface area contributed by atoms with Crippen molar-refractivity contribution in [1.29, 1.82) is 0 Å². The Balaban J connectivity index is 1.75. The first-order valence-corrected chi connectivity index (χ1v) is 6.53. The summed E-state index contributed by atoms with van der Waals surface area (Å²) in [5, 5.41) is 9.60. The van der Waals surface area contributed by atoms with Crippen LogP contribution in [0.5, 0.6) is 5.75 Å². The van der Waals surface area contributed by atoms with Gasteiger partial charge < -0.3 is 14.9 Å². The Bertz CT molecular complexity index is 389. The third-order valence-corrected chi connectivity index (χ3v) is 3.56. The number of piperazine rings is 1. The minimum atomic E-state index is -0.379. The van der Waals surface area contributed by atoms with Gasteiger partial charge in [0.2, 0.25) is 0 Å². The van der Waals surface area contributed by atoms with Crippen molar-refractivity contribution < 1.29 is 9.50 Å². The molecule has 0 bridgehead atoms. The summed E-state index contributed by atoms with van der Waals surface area (Å²) in [4.78, 5) is 4.78. The highest BCUT2D eigenvalue weighted by atomic mass is 19.1. The zero-order valence-corrected chi connectivity index (χ0v) is 10.9. The van der Waals surface area contributed by atoms with Gasteiger partial charge >= 0.3 is 0 Å². The van der Waals surface area contributed by atoms with Crippen molar-refractivity contribution in [2.45, 2.75) is 12.8 Å². The molecular weight excluding hydrogens is 231 g/mol. The Kier molecular flexibility index (Phi) is 4.55. The van der Waals surface area contributed by atoms with E-state index in [1.54, 1.807) is 6.07 Å². The highest BCUT2D eigenvalue weighted by Gasteiger charge is 2.13. The fourth-order valence-corrected chi connectivity index (χ4v) is 2.31. The van der Waals surface area contributed by atoms with Crippen molar-refractivity contribution in [3.05, 3.63) is 29.6 Å². The highest BCUT2D eigenvalue weighted by molar-refractivity contribution is 5.32. The van der Waals surface area contributed by atoms with E-state index in [2.05, 4.69) is 16.8 Å². The topological polar surface area (TPSA) is 26.7 Å². The number of likely N-dealkylation sites (N-methyl/N-ethyl adjacent to an activating group) is 1. The van der Waals surface area contributed by atoms with E-state index in [4.69, 9.17) is 0 Å². The molecule has 3 nitrogen and oxygen atoms in total. The second-order valence-electron chi connectivity index (χ2n) is 5.02. The van der Waals surface area contributed by atoms with Gasteiger partial charge in [0.15, 0.2) is 0 Å². The molecule has 100 valence electrons. The predicted molar refractivity (Wildman–Crippen MR) is 70.3 cm³/mol. The van der Waals surface area contributed by atoms with E-state index in [9.17, 15) is 9.50 Å². The van der Waals surface area contributed by atoms with Crippen LogP contribution in [0.15, 0.2) is 18.2 Å². The zero-order chi connectivity index (χ0) is 13.0. The maximum absolute atomic E-state index is 12.8. The van der Waals surface area contributed by atoms with Crippen molar-refractivity contribution in [3.63, 3.8) is 0 Å². The van der Waals surface area contributed by atoms with Gasteiger partial charge in [0.05, 0.1) is 0 Å². The van der Waals surface area contributed by atoms with Crippen LogP contribution in [0, 0.1) is 5.82 Å². The molecule has 0 atom stereocenters. The van der Waals surface area contributed by atoms with Crippen LogP contribution >= 0.6 is 0 Å². The summed E-state index contributed by atoms with van der Waals surface area (Å²) < 4.78 is 12.8. The number of aryl methyl sites for hydroxylation is 1. The molecule has 1 aliphatic rings. The van der Waals surface area contributed by atoms with E-state index in [0.717, 1.165) is 51.1 Å². The predicted octanol–water partition coefficient (Wildman–Crippen LogP) is 1.71. The number of halogens is 1. The Morgan fingerprint density at radius 1 is 1.22 bits per heavy atom. The van der Waals surface area contributed by atoms with Crippen LogP contribution in [-0.4, -0.2) is 54.7 Å². The molecule has 1 aromatic rings. The van der Waals surface area contributed by atoms with Crippen LogP contribution in [0.4, 0.5) is 4.39 Å². The molecule has 1 N–H and O–H groups in total. The van der Waals surface area contributed by atoms with Crippen LogP contribution < -0.4 is 0 Å². The lowest BCUT2D eigenvalue weighted by atomic mass is 10.1. The lowest BCUT2D eigenvalue weighted by Crippen LogP contribution is -2.44. The average molecular weight is 252 g/mol. The van der Waals surface area contributed by atoms with Gasteiger partial charge in [-0.15, -0.1) is 0 Å². The fourth-order valence-electron chi connectivity index (χ4n) is 2.31. The summed E-state index contributed by atoms with van der Waals surface area (Å²) in [6, 6.07) is 4.27. The molecule has 0 unspecified atom stereocenters. The summed E-state index contributed by atoms with van der Waals surface area (Å²) in [5.74, 6) is -0.302. The second-order valence-corrected chi connectivity index (χ2v) is 5.02. The first kappa shape index (κ1) is 13.3. The highest BCUT2D eigenvalue weighted by Crippen LogP contribution is 2.19. The number of phenols is 1. The van der Waals surface area contributed by atoms with E-state index in [-0.39, 0.29) is 11.6 Å². The minimum absolute atomic E-state index is 0.0772. The van der Waals surface area contributed by atoms with Gasteiger partial charge in [0, 0.05) is 32.2 Å². The Labute approximate surface area is 108 Å². The molecule has 0 aromatic heterocycles. The number of hydrogen-bond donors (Lipinski definition) is 1. The van der Waals surface area contributed by atoms with E-state index < -0.39 is 0 Å². The molecule has 1 heterocycles. The number of aromatic hydroxyl groups is 1. The molecule has 18 heavy (non-hydrogen) atoms. The van der Waals surface area contributed by atoms with Crippen molar-refractivity contribution in [3.8, 4) is 5.75 Å². The second kappa shape index (κ2) is 6.16. The monoisotopic (exact) mass is 252 g/mol. The minimum Gasteiger partial charge on any atom is -0.508 e. The summed E-state index contributed by atoms with van der Waals surface area (Å²) >= 11 is 0. The van der Waals surface area contributed by atoms with Crippen molar-refractivity contribution in [1.82, 2.24) is 9.80 Å². The molecule has 4 heteroatoms. The van der Waals surface area contributed by atoms with Gasteiger partial charge in [-0.05, 0) is 38.1 Å². The quantitative estimate of drug-likeness (QED) is 0.883. The van der Waals surface area contributed by atoms with Gasteiger partial charge in [-0.2, -0.15) is 0 Å². The summed E-state index contributed by atoms with van der Waals surface area (Å²) in [5.41, 5.74) is 0.838. The van der Waals surface area contributed by atoms with Gasteiger partial charge in [0.1, 0.15) is 11.6 Å². The van der Waals surface area contributed by atoms with Crippen molar-refractivity contribution in [2.24, 2.45) is 0 Å². The van der Waals surface area contributed by atoms with Crippen molar-refractivity contribution >= 4 is 0 Å². The largest absolute Gasteiger partial charge is 0.508 e. The van der Waals surface area contributed by atoms with E-state index in [0.29, 0.717) is 0 Å². The zero-order valence-electron chi connectivity index (χ0n) is 10.9. The molecule has 1 aromatic carbocycles. The number of hydrogen-bond acceptors (Lipinski definition) is 3. The maximum Gasteiger partial charge on any atom is 0.126 e. The number of rotatable bonds is 4. The third-order valence-electron chi connectivity index (χ3n) is 3.56. The van der Waals surface area contributed by atoms with Crippen LogP contribution in [0.3, 0.4) is 0 Å². The van der Waals surface area contributed by atoms with Crippen LogP contribution in [0.25, 0.3) is 0 Å². The maximum atomic E-state index is 12.8. The first-order chi connectivity index (χ1) is 8.65. The van der Waals surface area contributed by atoms with E-state index in [1.807, 2.05) is 0 Å². The van der Waals surface area contributed by atoms with Gasteiger partial charge in [-0.1, -0.05) is 6.07 Å². The molecule has 0 spiro atoms. The summed E-state index contributed by atoms with van der Waals surface area (Å²) in [6.45, 7) is 5.53. The molecule has 1 aliphatic heterocycles. The van der Waals surface area contributed by atoms with Gasteiger partial charge in [0.25, 0.3) is 0 Å². The van der Waals surface area contributed by atoms with Gasteiger partial charge in [-0.25, -0.2) is 4.39 Å². The molecule has 0 radical (unpaired) electrons. The normalized spacial score (nSPS) is 18.1. The summed E-state index contributed by atoms with van der Waals surface area (Å²) in [6.07, 6.45) is 1.81. The standard InChI is InChI=1S/C14H21FN2O/c1-16-7-9-17(10-8-16)6-2-3-12-4-5-13(15)11-14(12)18/h4-5,11,18H,2-3,6-10H2,1H3. The smallest absolute Gasteiger partial charge is 0.126 e. The molecule has 1 fully saturated rings. The molecular formula is C14H21FN2O. The van der Waals surface area contributed by atoms with Crippen LogP contribution in [0.2, 0.25) is 0 Å². The van der Waals surface area contributed by atoms with Crippen molar-refractivity contribution in [2.75, 3.05) is 39.8 Å². The number of benzene rings is 1. The molecule has 1 saturated heterocycles. The van der Waals surface area contributed by atoms with Crippen LogP contribution in [0.1, 0.15) is 12.0 Å². The number of nitrogens with zero attached hydrogens (tertiary/aromatic N) is 2. The molecule has 0 saturated carbocycles. The van der Waals surface area contributed by atoms with Crippen LogP contribution in [-0.2, 0) is 6.42 Å².